The van der Waals surface area contributed by atoms with Crippen molar-refractivity contribution in [2.24, 2.45) is 11.7 Å². The highest BCUT2D eigenvalue weighted by molar-refractivity contribution is 7.17. The van der Waals surface area contributed by atoms with Crippen LogP contribution in [0.3, 0.4) is 0 Å². The highest BCUT2D eigenvalue weighted by Gasteiger charge is 2.28. The molecular formula is C21H24N2O2S. The zero-order valence-corrected chi connectivity index (χ0v) is 15.8. The van der Waals surface area contributed by atoms with E-state index in [0.29, 0.717) is 16.5 Å². The van der Waals surface area contributed by atoms with Crippen molar-refractivity contribution >= 4 is 34.2 Å². The fourth-order valence-corrected chi connectivity index (χ4v) is 4.92. The molecule has 26 heavy (non-hydrogen) atoms. The lowest BCUT2D eigenvalue weighted by molar-refractivity contribution is -0.111. The number of carbonyl (C=O) groups excluding carboxylic acids is 2. The van der Waals surface area contributed by atoms with Crippen LogP contribution in [0.15, 0.2) is 36.4 Å². The molecule has 1 aromatic carbocycles. The minimum Gasteiger partial charge on any atom is -0.365 e. The first kappa shape index (κ1) is 18.4. The second-order valence-corrected chi connectivity index (χ2v) is 7.81. The summed E-state index contributed by atoms with van der Waals surface area (Å²) in [5.41, 5.74) is 8.11. The lowest BCUT2D eigenvalue weighted by Gasteiger charge is -2.21. The molecule has 136 valence electrons. The van der Waals surface area contributed by atoms with Crippen LogP contribution in [0.5, 0.6) is 0 Å². The number of primary amides is 1. The molecule has 1 heterocycles. The minimum absolute atomic E-state index is 0.250. The molecule has 2 aromatic rings. The van der Waals surface area contributed by atoms with Crippen LogP contribution in [-0.2, 0) is 17.6 Å². The van der Waals surface area contributed by atoms with Gasteiger partial charge >= 0.3 is 0 Å². The van der Waals surface area contributed by atoms with Gasteiger partial charge in [0.25, 0.3) is 5.91 Å². The van der Waals surface area contributed by atoms with Gasteiger partial charge in [0.05, 0.1) is 5.56 Å². The van der Waals surface area contributed by atoms with E-state index in [0.717, 1.165) is 30.4 Å². The number of hydrogen-bond acceptors (Lipinski definition) is 3. The summed E-state index contributed by atoms with van der Waals surface area (Å²) < 4.78 is 0. The smallest absolute Gasteiger partial charge is 0.251 e. The van der Waals surface area contributed by atoms with E-state index in [1.165, 1.54) is 35.1 Å². The maximum absolute atomic E-state index is 12.3. The molecule has 1 aliphatic carbocycles. The molecule has 0 saturated heterocycles. The van der Waals surface area contributed by atoms with Crippen molar-refractivity contribution in [3.05, 3.63) is 58.0 Å². The minimum atomic E-state index is -0.459. The summed E-state index contributed by atoms with van der Waals surface area (Å²) in [5, 5.41) is 3.44. The number of carbonyl (C=O) groups is 2. The molecule has 1 unspecified atom stereocenters. The Bertz CT molecular complexity index is 824. The Morgan fingerprint density at radius 3 is 2.77 bits per heavy atom. The summed E-state index contributed by atoms with van der Waals surface area (Å²) in [6, 6.07) is 9.62. The van der Waals surface area contributed by atoms with Crippen molar-refractivity contribution in [2.45, 2.75) is 39.0 Å². The van der Waals surface area contributed by atoms with Gasteiger partial charge in [-0.1, -0.05) is 50.1 Å². The van der Waals surface area contributed by atoms with Crippen LogP contribution >= 0.6 is 11.3 Å². The Balaban J connectivity index is 1.78. The van der Waals surface area contributed by atoms with Crippen molar-refractivity contribution in [1.29, 1.82) is 0 Å². The number of amides is 2. The van der Waals surface area contributed by atoms with E-state index >= 15 is 0 Å². The fraction of sp³-hybridized carbons (Fsp3) is 0.333. The number of benzene rings is 1. The lowest BCUT2D eigenvalue weighted by Crippen LogP contribution is -2.19. The van der Waals surface area contributed by atoms with Crippen LogP contribution in [0, 0.1) is 5.92 Å². The van der Waals surface area contributed by atoms with Gasteiger partial charge in [0, 0.05) is 11.0 Å². The predicted octanol–water partition coefficient (Wildman–Crippen LogP) is 4.40. The average Bonchev–Trinajstić information content (AvgIpc) is 2.98. The van der Waals surface area contributed by atoms with E-state index in [1.54, 1.807) is 6.08 Å². The maximum Gasteiger partial charge on any atom is 0.251 e. The summed E-state index contributed by atoms with van der Waals surface area (Å²) in [4.78, 5) is 25.5. The molecule has 1 aliphatic rings. The molecule has 3 rings (SSSR count). The van der Waals surface area contributed by atoms with Crippen LogP contribution in [0.1, 0.15) is 52.5 Å². The van der Waals surface area contributed by atoms with E-state index in [4.69, 9.17) is 5.73 Å². The van der Waals surface area contributed by atoms with Crippen molar-refractivity contribution in [3.63, 3.8) is 0 Å². The summed E-state index contributed by atoms with van der Waals surface area (Å²) in [7, 11) is 0. The Morgan fingerprint density at radius 1 is 1.31 bits per heavy atom. The van der Waals surface area contributed by atoms with Crippen molar-refractivity contribution in [2.75, 3.05) is 5.32 Å². The molecule has 0 aliphatic heterocycles. The normalized spacial score (nSPS) is 16.4. The number of nitrogens with one attached hydrogen (secondary N) is 1. The maximum atomic E-state index is 12.3. The van der Waals surface area contributed by atoms with E-state index in [-0.39, 0.29) is 5.91 Å². The van der Waals surface area contributed by atoms with Gasteiger partial charge in [-0.15, -0.1) is 11.3 Å². The molecule has 0 bridgehead atoms. The highest BCUT2D eigenvalue weighted by Crippen LogP contribution is 2.40. The first-order chi connectivity index (χ1) is 12.6. The molecule has 4 nitrogen and oxygen atoms in total. The van der Waals surface area contributed by atoms with Crippen molar-refractivity contribution < 1.29 is 9.59 Å². The van der Waals surface area contributed by atoms with Crippen LogP contribution in [-0.4, -0.2) is 11.8 Å². The second-order valence-electron chi connectivity index (χ2n) is 6.70. The third-order valence-electron chi connectivity index (χ3n) is 4.77. The van der Waals surface area contributed by atoms with Crippen LogP contribution in [0.2, 0.25) is 0 Å². The number of thiophene rings is 1. The Morgan fingerprint density at radius 2 is 2.08 bits per heavy atom. The third-order valence-corrected chi connectivity index (χ3v) is 5.94. The Labute approximate surface area is 158 Å². The highest BCUT2D eigenvalue weighted by atomic mass is 32.1. The van der Waals surface area contributed by atoms with Gasteiger partial charge < -0.3 is 11.1 Å². The first-order valence-corrected chi connectivity index (χ1v) is 9.88. The van der Waals surface area contributed by atoms with Gasteiger partial charge in [-0.25, -0.2) is 0 Å². The SMILES string of the molecule is CCCC1CCc2c(sc(NC(=O)C=Cc3ccccc3)c2C(N)=O)C1. The molecule has 2 amide bonds. The van der Waals surface area contributed by atoms with Gasteiger partial charge in [-0.2, -0.15) is 0 Å². The molecule has 5 heteroatoms. The number of rotatable bonds is 6. The predicted molar refractivity (Wildman–Crippen MR) is 107 cm³/mol. The molecule has 1 atom stereocenters. The summed E-state index contributed by atoms with van der Waals surface area (Å²) >= 11 is 1.50. The molecule has 0 saturated carbocycles. The lowest BCUT2D eigenvalue weighted by atomic mass is 9.84. The van der Waals surface area contributed by atoms with E-state index < -0.39 is 5.91 Å². The van der Waals surface area contributed by atoms with Crippen LogP contribution in [0.4, 0.5) is 5.00 Å². The molecule has 0 radical (unpaired) electrons. The number of nitrogens with two attached hydrogens (primary N) is 1. The van der Waals surface area contributed by atoms with Crippen LogP contribution in [0.25, 0.3) is 6.08 Å². The third kappa shape index (κ3) is 4.22. The van der Waals surface area contributed by atoms with Gasteiger partial charge in [-0.05, 0) is 42.4 Å². The van der Waals surface area contributed by atoms with Gasteiger partial charge in [-0.3, -0.25) is 9.59 Å². The molecular weight excluding hydrogens is 344 g/mol. The fourth-order valence-electron chi connectivity index (χ4n) is 3.55. The zero-order chi connectivity index (χ0) is 18.5. The Hall–Kier alpha value is -2.40. The monoisotopic (exact) mass is 368 g/mol. The largest absolute Gasteiger partial charge is 0.365 e. The molecule has 0 spiro atoms. The quantitative estimate of drug-likeness (QED) is 0.742. The topological polar surface area (TPSA) is 72.2 Å². The molecule has 3 N–H and O–H groups in total. The van der Waals surface area contributed by atoms with Crippen molar-refractivity contribution in [3.8, 4) is 0 Å². The van der Waals surface area contributed by atoms with Gasteiger partial charge in [0.15, 0.2) is 0 Å². The van der Waals surface area contributed by atoms with Gasteiger partial charge in [0.2, 0.25) is 5.91 Å². The number of fused-ring (bicyclic) bond motifs is 1. The second kappa shape index (κ2) is 8.32. The first-order valence-electron chi connectivity index (χ1n) is 9.07. The van der Waals surface area contributed by atoms with Gasteiger partial charge in [0.1, 0.15) is 5.00 Å². The summed E-state index contributed by atoms with van der Waals surface area (Å²) in [5.74, 6) is -0.0488. The molecule has 1 aromatic heterocycles. The number of anilines is 1. The van der Waals surface area contributed by atoms with Crippen LogP contribution < -0.4 is 11.1 Å². The van der Waals surface area contributed by atoms with E-state index in [1.807, 2.05) is 30.3 Å². The summed E-state index contributed by atoms with van der Waals surface area (Å²) in [6.07, 6.45) is 8.53. The Kier molecular flexibility index (Phi) is 5.89. The van der Waals surface area contributed by atoms with E-state index in [2.05, 4.69) is 12.2 Å². The standard InChI is InChI=1S/C21H24N2O2S/c1-2-6-15-9-11-16-17(13-15)26-21(19(16)20(22)25)23-18(24)12-10-14-7-4-3-5-8-14/h3-5,7-8,10,12,15H,2,6,9,11,13H2,1H3,(H2,22,25)(H,23,24). The van der Waals surface area contributed by atoms with Crippen molar-refractivity contribution in [1.82, 2.24) is 0 Å². The van der Waals surface area contributed by atoms with E-state index in [9.17, 15) is 9.59 Å². The zero-order valence-electron chi connectivity index (χ0n) is 15.0. The molecule has 0 fully saturated rings. The average molecular weight is 369 g/mol. The summed E-state index contributed by atoms with van der Waals surface area (Å²) in [6.45, 7) is 2.20. The number of hydrogen-bond donors (Lipinski definition) is 2.